The van der Waals surface area contributed by atoms with E-state index in [2.05, 4.69) is 24.9 Å². The Labute approximate surface area is 92.1 Å². The molecule has 0 aliphatic carbocycles. The maximum atomic E-state index is 12.0. The van der Waals surface area contributed by atoms with Crippen LogP contribution < -0.4 is 0 Å². The largest absolute Gasteiger partial charge is 0.396 e. The number of rotatable bonds is 2. The van der Waals surface area contributed by atoms with E-state index >= 15 is 0 Å². The van der Waals surface area contributed by atoms with Crippen LogP contribution in [0, 0.1) is 11.3 Å². The summed E-state index contributed by atoms with van der Waals surface area (Å²) in [6.07, 6.45) is -4.46. The normalized spacial score (nSPS) is 11.4. The minimum atomic E-state index is -4.41. The molecule has 0 radical (unpaired) electrons. The number of nitriles is 1. The minimum absolute atomic E-state index is 0.0483. The molecule has 2 aromatic heterocycles. The van der Waals surface area contributed by atoms with Crippen molar-refractivity contribution in [3.05, 3.63) is 17.7 Å². The van der Waals surface area contributed by atoms with E-state index in [1.807, 2.05) is 0 Å². The summed E-state index contributed by atoms with van der Waals surface area (Å²) in [6.45, 7) is 0. The third kappa shape index (κ3) is 2.41. The van der Waals surface area contributed by atoms with Crippen molar-refractivity contribution < 1.29 is 17.7 Å². The zero-order valence-electron chi connectivity index (χ0n) is 8.12. The lowest BCUT2D eigenvalue weighted by atomic mass is 10.2. The van der Waals surface area contributed by atoms with Crippen LogP contribution in [0.5, 0.6) is 0 Å². The molecule has 2 rings (SSSR count). The lowest BCUT2D eigenvalue weighted by molar-refractivity contribution is -0.128. The fourth-order valence-electron chi connectivity index (χ4n) is 1.15. The highest BCUT2D eigenvalue weighted by atomic mass is 19.4. The molecule has 0 saturated heterocycles. The molecule has 0 bridgehead atoms. The van der Waals surface area contributed by atoms with Gasteiger partial charge in [-0.15, -0.1) is 0 Å². The van der Waals surface area contributed by atoms with E-state index in [1.54, 1.807) is 6.07 Å². The summed E-state index contributed by atoms with van der Waals surface area (Å²) in [4.78, 5) is 3.54. The average Bonchev–Trinajstić information content (AvgIpc) is 2.81. The second-order valence-corrected chi connectivity index (χ2v) is 3.08. The van der Waals surface area contributed by atoms with Crippen LogP contribution in [0.2, 0.25) is 0 Å². The molecule has 0 saturated carbocycles. The van der Waals surface area contributed by atoms with Gasteiger partial charge in [0.15, 0.2) is 5.82 Å². The van der Waals surface area contributed by atoms with Gasteiger partial charge in [0.1, 0.15) is 18.2 Å². The van der Waals surface area contributed by atoms with Crippen LogP contribution in [0.4, 0.5) is 13.2 Å². The molecule has 2 aromatic rings. The molecule has 9 heteroatoms. The van der Waals surface area contributed by atoms with Crippen molar-refractivity contribution in [2.45, 2.75) is 12.6 Å². The van der Waals surface area contributed by atoms with Gasteiger partial charge in [-0.05, 0) is 0 Å². The van der Waals surface area contributed by atoms with Gasteiger partial charge >= 0.3 is 6.18 Å². The Balaban J connectivity index is 2.28. The number of hydrogen-bond acceptors (Lipinski definition) is 5. The van der Waals surface area contributed by atoms with Crippen molar-refractivity contribution in [3.63, 3.8) is 0 Å². The third-order valence-corrected chi connectivity index (χ3v) is 1.81. The summed E-state index contributed by atoms with van der Waals surface area (Å²) >= 11 is 0. The van der Waals surface area contributed by atoms with Crippen molar-refractivity contribution in [1.29, 1.82) is 5.26 Å². The fourth-order valence-corrected chi connectivity index (χ4v) is 1.15. The maximum Gasteiger partial charge on any atom is 0.396 e. The van der Waals surface area contributed by atoms with Gasteiger partial charge in [-0.3, -0.25) is 5.10 Å². The van der Waals surface area contributed by atoms with Crippen molar-refractivity contribution in [1.82, 2.24) is 20.3 Å². The van der Waals surface area contributed by atoms with Crippen LogP contribution in [-0.4, -0.2) is 26.5 Å². The summed E-state index contributed by atoms with van der Waals surface area (Å²) in [7, 11) is 0. The van der Waals surface area contributed by atoms with Crippen LogP contribution in [0.25, 0.3) is 11.5 Å². The number of aromatic nitrogens is 4. The number of H-pyrrole nitrogens is 1. The molecule has 2 heterocycles. The number of hydrogen-bond donors (Lipinski definition) is 1. The monoisotopic (exact) mass is 243 g/mol. The van der Waals surface area contributed by atoms with E-state index in [0.29, 0.717) is 0 Å². The first-order chi connectivity index (χ1) is 7.99. The highest BCUT2D eigenvalue weighted by Crippen LogP contribution is 2.23. The summed E-state index contributed by atoms with van der Waals surface area (Å²) in [6, 6.07) is 1.76. The van der Waals surface area contributed by atoms with Crippen molar-refractivity contribution in [2.75, 3.05) is 0 Å². The van der Waals surface area contributed by atoms with Gasteiger partial charge in [0.05, 0.1) is 11.8 Å². The maximum absolute atomic E-state index is 12.0. The SMILES string of the molecule is N#Cc1[nH]ncc1-c1nc(CC(F)(F)F)no1. The smallest absolute Gasteiger partial charge is 0.334 e. The number of alkyl halides is 3. The third-order valence-electron chi connectivity index (χ3n) is 1.81. The second-order valence-electron chi connectivity index (χ2n) is 3.08. The molecular formula is C8H4F3N5O. The molecule has 6 nitrogen and oxygen atoms in total. The molecule has 17 heavy (non-hydrogen) atoms. The molecule has 0 atom stereocenters. The summed E-state index contributed by atoms with van der Waals surface area (Å²) in [5.74, 6) is -0.660. The second kappa shape index (κ2) is 3.89. The van der Waals surface area contributed by atoms with E-state index in [1.165, 1.54) is 6.20 Å². The number of nitrogens with one attached hydrogen (secondary N) is 1. The molecule has 0 spiro atoms. The Kier molecular flexibility index (Phi) is 2.55. The number of aromatic amines is 1. The van der Waals surface area contributed by atoms with Gasteiger partial charge in [0, 0.05) is 0 Å². The van der Waals surface area contributed by atoms with Gasteiger partial charge in [-0.25, -0.2) is 0 Å². The molecule has 1 N–H and O–H groups in total. The predicted molar refractivity (Wildman–Crippen MR) is 46.4 cm³/mol. The lowest BCUT2D eigenvalue weighted by Gasteiger charge is -1.99. The van der Waals surface area contributed by atoms with E-state index in [-0.39, 0.29) is 17.1 Å². The Morgan fingerprint density at radius 1 is 1.47 bits per heavy atom. The van der Waals surface area contributed by atoms with Crippen molar-refractivity contribution in [2.24, 2.45) is 0 Å². The van der Waals surface area contributed by atoms with Crippen molar-refractivity contribution >= 4 is 0 Å². The number of halogens is 3. The number of nitrogens with zero attached hydrogens (tertiary/aromatic N) is 4. The Morgan fingerprint density at radius 3 is 2.88 bits per heavy atom. The zero-order chi connectivity index (χ0) is 12.5. The van der Waals surface area contributed by atoms with Crippen LogP contribution in [-0.2, 0) is 6.42 Å². The molecular weight excluding hydrogens is 239 g/mol. The predicted octanol–water partition coefficient (Wildman–Crippen LogP) is 1.44. The lowest BCUT2D eigenvalue weighted by Crippen LogP contribution is -2.12. The molecule has 0 aromatic carbocycles. The van der Waals surface area contributed by atoms with E-state index in [4.69, 9.17) is 5.26 Å². The van der Waals surface area contributed by atoms with E-state index in [0.717, 1.165) is 0 Å². The fraction of sp³-hybridized carbons (Fsp3) is 0.250. The highest BCUT2D eigenvalue weighted by molar-refractivity contribution is 5.58. The zero-order valence-corrected chi connectivity index (χ0v) is 8.12. The first kappa shape index (κ1) is 11.1. The summed E-state index contributed by atoms with van der Waals surface area (Å²) in [5.41, 5.74) is 0.223. The average molecular weight is 243 g/mol. The first-order valence-electron chi connectivity index (χ1n) is 4.33. The van der Waals surface area contributed by atoms with Crippen LogP contribution in [0.15, 0.2) is 10.7 Å². The van der Waals surface area contributed by atoms with Gasteiger partial charge in [-0.1, -0.05) is 5.16 Å². The molecule has 88 valence electrons. The quantitative estimate of drug-likeness (QED) is 0.861. The molecule has 0 aliphatic heterocycles. The van der Waals surface area contributed by atoms with Gasteiger partial charge in [0.2, 0.25) is 0 Å². The Morgan fingerprint density at radius 2 is 2.24 bits per heavy atom. The standard InChI is InChI=1S/C8H4F3N5O/c9-8(10,11)1-6-14-7(17-16-6)4-3-13-15-5(4)2-12/h3H,1H2,(H,13,15). The minimum Gasteiger partial charge on any atom is -0.334 e. The van der Waals surface area contributed by atoms with Crippen molar-refractivity contribution in [3.8, 4) is 17.5 Å². The van der Waals surface area contributed by atoms with Crippen LogP contribution >= 0.6 is 0 Å². The van der Waals surface area contributed by atoms with Gasteiger partial charge in [0.25, 0.3) is 5.89 Å². The topological polar surface area (TPSA) is 91.4 Å². The van der Waals surface area contributed by atoms with E-state index < -0.39 is 18.4 Å². The molecule has 0 amide bonds. The van der Waals surface area contributed by atoms with Crippen LogP contribution in [0.3, 0.4) is 0 Å². The molecule has 0 fully saturated rings. The Hall–Kier alpha value is -2.37. The first-order valence-corrected chi connectivity index (χ1v) is 4.33. The highest BCUT2D eigenvalue weighted by Gasteiger charge is 2.31. The molecule has 0 aliphatic rings. The van der Waals surface area contributed by atoms with Crippen LogP contribution in [0.1, 0.15) is 11.5 Å². The summed E-state index contributed by atoms with van der Waals surface area (Å²) in [5, 5.41) is 17.8. The van der Waals surface area contributed by atoms with Gasteiger partial charge in [-0.2, -0.15) is 28.5 Å². The molecule has 0 unspecified atom stereocenters. The van der Waals surface area contributed by atoms with Gasteiger partial charge < -0.3 is 4.52 Å². The Bertz CT molecular complexity index is 564. The van der Waals surface area contributed by atoms with E-state index in [9.17, 15) is 13.2 Å². The summed E-state index contributed by atoms with van der Waals surface area (Å²) < 4.78 is 40.8.